The molecule has 9 heteroatoms. The first-order valence-corrected chi connectivity index (χ1v) is 9.51. The molecule has 1 saturated carbocycles. The summed E-state index contributed by atoms with van der Waals surface area (Å²) < 4.78 is 23.3. The molecule has 0 unspecified atom stereocenters. The summed E-state index contributed by atoms with van der Waals surface area (Å²) in [6.07, 6.45) is 3.20. The van der Waals surface area contributed by atoms with Crippen LogP contribution in [-0.4, -0.2) is 43.8 Å². The third-order valence-electron chi connectivity index (χ3n) is 5.21. The van der Waals surface area contributed by atoms with Crippen LogP contribution < -0.4 is 4.90 Å². The van der Waals surface area contributed by atoms with Crippen molar-refractivity contribution in [3.8, 4) is 0 Å². The predicted octanol–water partition coefficient (Wildman–Crippen LogP) is 1.69. The van der Waals surface area contributed by atoms with E-state index in [-0.39, 0.29) is 28.7 Å². The number of anilines is 1. The van der Waals surface area contributed by atoms with Crippen molar-refractivity contribution < 1.29 is 23.2 Å². The molecule has 3 rings (SSSR count). The Morgan fingerprint density at radius 2 is 2.17 bits per heavy atom. The summed E-state index contributed by atoms with van der Waals surface area (Å²) in [5.41, 5.74) is -0.885. The highest BCUT2D eigenvalue weighted by atomic mass is 32.2. The average molecular weight is 354 g/mol. The van der Waals surface area contributed by atoms with E-state index in [4.69, 9.17) is 0 Å². The van der Waals surface area contributed by atoms with Crippen LogP contribution in [0.2, 0.25) is 0 Å². The van der Waals surface area contributed by atoms with Gasteiger partial charge in [-0.25, -0.2) is 8.42 Å². The minimum atomic E-state index is -3.56. The van der Waals surface area contributed by atoms with Crippen LogP contribution in [0.15, 0.2) is 23.1 Å². The van der Waals surface area contributed by atoms with Crippen molar-refractivity contribution >= 4 is 27.2 Å². The minimum Gasteiger partial charge on any atom is -0.481 e. The molecule has 0 bridgehead atoms. The molecule has 130 valence electrons. The molecule has 0 amide bonds. The van der Waals surface area contributed by atoms with Crippen molar-refractivity contribution in [3.05, 3.63) is 28.3 Å². The number of nitro benzene ring substituents is 1. The molecule has 1 aromatic carbocycles. The lowest BCUT2D eigenvalue weighted by Gasteiger charge is -2.24. The molecule has 0 aromatic heterocycles. The summed E-state index contributed by atoms with van der Waals surface area (Å²) >= 11 is 0. The van der Waals surface area contributed by atoms with Gasteiger partial charge in [-0.05, 0) is 30.9 Å². The fourth-order valence-electron chi connectivity index (χ4n) is 3.97. The Morgan fingerprint density at radius 3 is 2.71 bits per heavy atom. The van der Waals surface area contributed by atoms with E-state index in [1.807, 2.05) is 0 Å². The number of nitro groups is 1. The molecule has 1 N–H and O–H groups in total. The third kappa shape index (κ3) is 2.52. The van der Waals surface area contributed by atoms with E-state index in [9.17, 15) is 28.4 Å². The second-order valence-corrected chi connectivity index (χ2v) is 8.63. The Labute approximate surface area is 139 Å². The normalized spacial score (nSPS) is 26.4. The molecule has 24 heavy (non-hydrogen) atoms. The molecule has 2 fully saturated rings. The third-order valence-corrected chi connectivity index (χ3v) is 6.32. The van der Waals surface area contributed by atoms with Crippen molar-refractivity contribution in [2.75, 3.05) is 24.2 Å². The van der Waals surface area contributed by atoms with Crippen LogP contribution in [0.25, 0.3) is 0 Å². The van der Waals surface area contributed by atoms with E-state index in [1.54, 1.807) is 4.90 Å². The maximum atomic E-state index is 11.7. The van der Waals surface area contributed by atoms with Gasteiger partial charge in [-0.1, -0.05) is 6.42 Å². The Morgan fingerprint density at radius 1 is 1.46 bits per heavy atom. The topological polar surface area (TPSA) is 118 Å². The number of carboxylic acid groups (broad SMARTS) is 1. The maximum absolute atomic E-state index is 11.7. The molecule has 1 saturated heterocycles. The molecule has 8 nitrogen and oxygen atoms in total. The van der Waals surface area contributed by atoms with Gasteiger partial charge in [0.1, 0.15) is 5.69 Å². The SMILES string of the molecule is CS(=O)(=O)c1ccc(N2C[C@@H]3CCC[C@@]3(C(=O)O)C2)c([N+](=O)[O-])c1. The van der Waals surface area contributed by atoms with Gasteiger partial charge in [0.05, 0.1) is 15.2 Å². The fourth-order valence-corrected chi connectivity index (χ4v) is 4.61. The largest absolute Gasteiger partial charge is 0.481 e. The Kier molecular flexibility index (Phi) is 3.78. The number of fused-ring (bicyclic) bond motifs is 1. The van der Waals surface area contributed by atoms with E-state index in [0.717, 1.165) is 25.2 Å². The number of rotatable bonds is 4. The van der Waals surface area contributed by atoms with Crippen molar-refractivity contribution in [3.63, 3.8) is 0 Å². The Hall–Kier alpha value is -2.16. The molecule has 0 spiro atoms. The van der Waals surface area contributed by atoms with Crippen LogP contribution >= 0.6 is 0 Å². The smallest absolute Gasteiger partial charge is 0.311 e. The average Bonchev–Trinajstić information content (AvgIpc) is 3.03. The number of hydrogen-bond donors (Lipinski definition) is 1. The van der Waals surface area contributed by atoms with Gasteiger partial charge in [-0.3, -0.25) is 14.9 Å². The minimum absolute atomic E-state index is 0.0378. The number of nitrogens with zero attached hydrogens (tertiary/aromatic N) is 2. The Bertz CT molecular complexity index is 821. The zero-order valence-electron chi connectivity index (χ0n) is 13.1. The maximum Gasteiger partial charge on any atom is 0.311 e. The first kappa shape index (κ1) is 16.7. The molecule has 2 aliphatic rings. The summed E-state index contributed by atoms with van der Waals surface area (Å²) in [6, 6.07) is 3.79. The number of aliphatic carboxylic acids is 1. The Balaban J connectivity index is 2.02. The zero-order valence-corrected chi connectivity index (χ0v) is 14.0. The summed E-state index contributed by atoms with van der Waals surface area (Å²) in [4.78, 5) is 24.1. The van der Waals surface area contributed by atoms with E-state index < -0.39 is 26.1 Å². The second-order valence-electron chi connectivity index (χ2n) is 6.61. The fraction of sp³-hybridized carbons (Fsp3) is 0.533. The molecule has 1 aliphatic heterocycles. The predicted molar refractivity (Wildman–Crippen MR) is 85.8 cm³/mol. The van der Waals surface area contributed by atoms with Gasteiger partial charge in [0.25, 0.3) is 5.69 Å². The van der Waals surface area contributed by atoms with Crippen molar-refractivity contribution in [2.24, 2.45) is 11.3 Å². The van der Waals surface area contributed by atoms with Gasteiger partial charge in [0.15, 0.2) is 9.84 Å². The molecule has 0 radical (unpaired) electrons. The summed E-state index contributed by atoms with van der Waals surface area (Å²) in [7, 11) is -3.56. The van der Waals surface area contributed by atoms with E-state index >= 15 is 0 Å². The van der Waals surface area contributed by atoms with Crippen molar-refractivity contribution in [2.45, 2.75) is 24.2 Å². The summed E-state index contributed by atoms with van der Waals surface area (Å²) in [5.74, 6) is -0.896. The number of benzene rings is 1. The first-order valence-electron chi connectivity index (χ1n) is 7.62. The number of hydrogen-bond acceptors (Lipinski definition) is 6. The first-order chi connectivity index (χ1) is 11.1. The quantitative estimate of drug-likeness (QED) is 0.645. The number of sulfone groups is 1. The van der Waals surface area contributed by atoms with Crippen LogP contribution in [-0.2, 0) is 14.6 Å². The van der Waals surface area contributed by atoms with Crippen LogP contribution in [0.4, 0.5) is 11.4 Å². The summed E-state index contributed by atoms with van der Waals surface area (Å²) in [6.45, 7) is 0.650. The molecule has 1 aliphatic carbocycles. The van der Waals surface area contributed by atoms with Gasteiger partial charge in [0.2, 0.25) is 0 Å². The lowest BCUT2D eigenvalue weighted by molar-refractivity contribution is -0.384. The molecule has 2 atom stereocenters. The van der Waals surface area contributed by atoms with Gasteiger partial charge < -0.3 is 10.0 Å². The number of carboxylic acids is 1. The monoisotopic (exact) mass is 354 g/mol. The van der Waals surface area contributed by atoms with Gasteiger partial charge in [-0.2, -0.15) is 0 Å². The lowest BCUT2D eigenvalue weighted by Crippen LogP contribution is -2.35. The van der Waals surface area contributed by atoms with E-state index in [0.29, 0.717) is 13.0 Å². The van der Waals surface area contributed by atoms with Crippen LogP contribution in [0, 0.1) is 21.4 Å². The van der Waals surface area contributed by atoms with E-state index in [1.165, 1.54) is 12.1 Å². The van der Waals surface area contributed by atoms with E-state index in [2.05, 4.69) is 0 Å². The summed E-state index contributed by atoms with van der Waals surface area (Å²) in [5, 5.41) is 21.0. The van der Waals surface area contributed by atoms with Gasteiger partial charge >= 0.3 is 5.97 Å². The molecule has 1 heterocycles. The highest BCUT2D eigenvalue weighted by Gasteiger charge is 2.55. The van der Waals surface area contributed by atoms with Gasteiger partial charge in [0, 0.05) is 25.4 Å². The highest BCUT2D eigenvalue weighted by molar-refractivity contribution is 7.90. The van der Waals surface area contributed by atoms with Crippen molar-refractivity contribution in [1.82, 2.24) is 0 Å². The molecule has 1 aromatic rings. The van der Waals surface area contributed by atoms with Crippen LogP contribution in [0.1, 0.15) is 19.3 Å². The lowest BCUT2D eigenvalue weighted by atomic mass is 9.81. The zero-order chi connectivity index (χ0) is 17.7. The van der Waals surface area contributed by atoms with Crippen molar-refractivity contribution in [1.29, 1.82) is 0 Å². The van der Waals surface area contributed by atoms with Crippen LogP contribution in [0.5, 0.6) is 0 Å². The van der Waals surface area contributed by atoms with Gasteiger partial charge in [-0.15, -0.1) is 0 Å². The number of carbonyl (C=O) groups is 1. The standard InChI is InChI=1S/C15H18N2O6S/c1-24(22,23)11-4-5-12(13(7-11)17(20)21)16-8-10-3-2-6-15(10,9-16)14(18)19/h4-5,7,10H,2-3,6,8-9H2,1H3,(H,18,19)/t10-,15+/m0/s1. The molecular formula is C15H18N2O6S. The molecular weight excluding hydrogens is 336 g/mol. The van der Waals surface area contributed by atoms with Crippen LogP contribution in [0.3, 0.4) is 0 Å². The second kappa shape index (κ2) is 5.44. The highest BCUT2D eigenvalue weighted by Crippen LogP contribution is 2.50.